The first-order valence-electron chi connectivity index (χ1n) is 7.40. The SMILES string of the molecule is CCOc1ccc(CCCCCCN)cc1OCC. The molecule has 0 saturated carbocycles. The summed E-state index contributed by atoms with van der Waals surface area (Å²) in [5, 5.41) is 0. The van der Waals surface area contributed by atoms with E-state index in [4.69, 9.17) is 15.2 Å². The van der Waals surface area contributed by atoms with Crippen molar-refractivity contribution in [2.45, 2.75) is 46.0 Å². The quantitative estimate of drug-likeness (QED) is 0.658. The molecule has 0 saturated heterocycles. The van der Waals surface area contributed by atoms with E-state index in [0.29, 0.717) is 13.2 Å². The molecular weight excluding hydrogens is 238 g/mol. The fourth-order valence-corrected chi connectivity index (χ4v) is 2.08. The van der Waals surface area contributed by atoms with Gasteiger partial charge in [0.05, 0.1) is 13.2 Å². The van der Waals surface area contributed by atoms with Crippen LogP contribution in [0.3, 0.4) is 0 Å². The first-order valence-corrected chi connectivity index (χ1v) is 7.40. The maximum absolute atomic E-state index is 5.63. The smallest absolute Gasteiger partial charge is 0.161 e. The highest BCUT2D eigenvalue weighted by molar-refractivity contribution is 5.43. The van der Waals surface area contributed by atoms with Crippen molar-refractivity contribution in [1.82, 2.24) is 0 Å². The van der Waals surface area contributed by atoms with E-state index >= 15 is 0 Å². The van der Waals surface area contributed by atoms with E-state index in [1.54, 1.807) is 0 Å². The van der Waals surface area contributed by atoms with Gasteiger partial charge in [-0.25, -0.2) is 0 Å². The molecule has 0 atom stereocenters. The molecule has 0 spiro atoms. The molecule has 1 aromatic rings. The Morgan fingerprint density at radius 1 is 0.895 bits per heavy atom. The van der Waals surface area contributed by atoms with E-state index in [1.807, 2.05) is 19.9 Å². The summed E-state index contributed by atoms with van der Waals surface area (Å²) in [4.78, 5) is 0. The van der Waals surface area contributed by atoms with Gasteiger partial charge < -0.3 is 15.2 Å². The minimum atomic E-state index is 0.665. The second-order valence-corrected chi connectivity index (χ2v) is 4.60. The zero-order valence-electron chi connectivity index (χ0n) is 12.3. The van der Waals surface area contributed by atoms with Crippen LogP contribution in [0.25, 0.3) is 0 Å². The minimum Gasteiger partial charge on any atom is -0.490 e. The molecule has 2 N–H and O–H groups in total. The van der Waals surface area contributed by atoms with E-state index in [0.717, 1.165) is 30.9 Å². The lowest BCUT2D eigenvalue weighted by Crippen LogP contribution is -2.00. The van der Waals surface area contributed by atoms with Gasteiger partial charge in [-0.3, -0.25) is 0 Å². The summed E-state index contributed by atoms with van der Waals surface area (Å²) in [7, 11) is 0. The molecule has 1 rings (SSSR count). The lowest BCUT2D eigenvalue weighted by atomic mass is 10.1. The molecule has 0 fully saturated rings. The standard InChI is InChI=1S/C16H27NO2/c1-3-18-15-11-10-14(13-16(15)19-4-2)9-7-5-6-8-12-17/h10-11,13H,3-9,12,17H2,1-2H3. The fourth-order valence-electron chi connectivity index (χ4n) is 2.08. The lowest BCUT2D eigenvalue weighted by Gasteiger charge is -2.12. The van der Waals surface area contributed by atoms with Crippen molar-refractivity contribution in [1.29, 1.82) is 0 Å². The molecular formula is C16H27NO2. The maximum atomic E-state index is 5.63. The van der Waals surface area contributed by atoms with Gasteiger partial charge in [0.2, 0.25) is 0 Å². The monoisotopic (exact) mass is 265 g/mol. The Hall–Kier alpha value is -1.22. The first kappa shape index (κ1) is 15.8. The van der Waals surface area contributed by atoms with Gasteiger partial charge in [-0.15, -0.1) is 0 Å². The van der Waals surface area contributed by atoms with Gasteiger partial charge in [0.25, 0.3) is 0 Å². The third-order valence-electron chi connectivity index (χ3n) is 3.03. The van der Waals surface area contributed by atoms with Crippen molar-refractivity contribution in [3.8, 4) is 11.5 Å². The number of nitrogens with two attached hydrogens (primary N) is 1. The van der Waals surface area contributed by atoms with Gasteiger partial charge in [-0.2, -0.15) is 0 Å². The Morgan fingerprint density at radius 3 is 2.26 bits per heavy atom. The van der Waals surface area contributed by atoms with Crippen molar-refractivity contribution in [2.75, 3.05) is 19.8 Å². The van der Waals surface area contributed by atoms with Crippen molar-refractivity contribution in [2.24, 2.45) is 5.73 Å². The second kappa shape index (κ2) is 9.68. The van der Waals surface area contributed by atoms with Crippen molar-refractivity contribution in [3.05, 3.63) is 23.8 Å². The highest BCUT2D eigenvalue weighted by Crippen LogP contribution is 2.29. The zero-order valence-corrected chi connectivity index (χ0v) is 12.3. The Labute approximate surface area is 117 Å². The van der Waals surface area contributed by atoms with Crippen LogP contribution >= 0.6 is 0 Å². The number of aryl methyl sites for hydroxylation is 1. The molecule has 0 aliphatic heterocycles. The van der Waals surface area contributed by atoms with Crippen molar-refractivity contribution in [3.63, 3.8) is 0 Å². The molecule has 1 aromatic carbocycles. The zero-order chi connectivity index (χ0) is 13.9. The Kier molecular flexibility index (Phi) is 8.07. The predicted octanol–water partition coefficient (Wildman–Crippen LogP) is 3.55. The third kappa shape index (κ3) is 5.97. The summed E-state index contributed by atoms with van der Waals surface area (Å²) in [6.45, 7) is 6.12. The average molecular weight is 265 g/mol. The fraction of sp³-hybridized carbons (Fsp3) is 0.625. The average Bonchev–Trinajstić information content (AvgIpc) is 2.42. The lowest BCUT2D eigenvalue weighted by molar-refractivity contribution is 0.287. The highest BCUT2D eigenvalue weighted by Gasteiger charge is 2.05. The molecule has 3 heteroatoms. The number of hydrogen-bond acceptors (Lipinski definition) is 3. The van der Waals surface area contributed by atoms with Crippen molar-refractivity contribution < 1.29 is 9.47 Å². The number of benzene rings is 1. The topological polar surface area (TPSA) is 44.5 Å². The van der Waals surface area contributed by atoms with Crippen LogP contribution in [0.5, 0.6) is 11.5 Å². The summed E-state index contributed by atoms with van der Waals surface area (Å²) < 4.78 is 11.2. The Bertz CT molecular complexity index is 353. The summed E-state index contributed by atoms with van der Waals surface area (Å²) in [6.07, 6.45) is 5.91. The van der Waals surface area contributed by atoms with Gasteiger partial charge in [-0.05, 0) is 57.4 Å². The molecule has 0 unspecified atom stereocenters. The van der Waals surface area contributed by atoms with Crippen LogP contribution in [-0.2, 0) is 6.42 Å². The van der Waals surface area contributed by atoms with E-state index in [1.165, 1.54) is 24.8 Å². The first-order chi connectivity index (χ1) is 9.31. The summed E-state index contributed by atoms with van der Waals surface area (Å²) in [5.41, 5.74) is 6.81. The minimum absolute atomic E-state index is 0.665. The Morgan fingerprint density at radius 2 is 1.58 bits per heavy atom. The van der Waals surface area contributed by atoms with Gasteiger partial charge in [0, 0.05) is 0 Å². The highest BCUT2D eigenvalue weighted by atomic mass is 16.5. The number of rotatable bonds is 10. The summed E-state index contributed by atoms with van der Waals surface area (Å²) in [5.74, 6) is 1.71. The van der Waals surface area contributed by atoms with Crippen LogP contribution in [0.4, 0.5) is 0 Å². The van der Waals surface area contributed by atoms with Crippen LogP contribution in [0.15, 0.2) is 18.2 Å². The van der Waals surface area contributed by atoms with E-state index in [2.05, 4.69) is 12.1 Å². The maximum Gasteiger partial charge on any atom is 0.161 e. The van der Waals surface area contributed by atoms with Crippen LogP contribution in [0.2, 0.25) is 0 Å². The van der Waals surface area contributed by atoms with E-state index in [-0.39, 0.29) is 0 Å². The van der Waals surface area contributed by atoms with Gasteiger partial charge in [-0.1, -0.05) is 18.9 Å². The van der Waals surface area contributed by atoms with Gasteiger partial charge in [0.15, 0.2) is 11.5 Å². The second-order valence-electron chi connectivity index (χ2n) is 4.60. The Balaban J connectivity index is 2.51. The van der Waals surface area contributed by atoms with Crippen LogP contribution in [0.1, 0.15) is 45.1 Å². The molecule has 108 valence electrons. The van der Waals surface area contributed by atoms with E-state index in [9.17, 15) is 0 Å². The molecule has 19 heavy (non-hydrogen) atoms. The third-order valence-corrected chi connectivity index (χ3v) is 3.03. The molecule has 0 radical (unpaired) electrons. The van der Waals surface area contributed by atoms with Crippen LogP contribution in [0, 0.1) is 0 Å². The number of hydrogen-bond donors (Lipinski definition) is 1. The van der Waals surface area contributed by atoms with Crippen LogP contribution in [-0.4, -0.2) is 19.8 Å². The molecule has 0 heterocycles. The van der Waals surface area contributed by atoms with E-state index < -0.39 is 0 Å². The number of unbranched alkanes of at least 4 members (excludes halogenated alkanes) is 3. The molecule has 0 bridgehead atoms. The van der Waals surface area contributed by atoms with Gasteiger partial charge >= 0.3 is 0 Å². The van der Waals surface area contributed by atoms with Gasteiger partial charge in [0.1, 0.15) is 0 Å². The number of ether oxygens (including phenoxy) is 2. The summed E-state index contributed by atoms with van der Waals surface area (Å²) in [6, 6.07) is 6.26. The molecule has 0 amide bonds. The normalized spacial score (nSPS) is 10.5. The predicted molar refractivity (Wildman–Crippen MR) is 80.0 cm³/mol. The van der Waals surface area contributed by atoms with Crippen LogP contribution < -0.4 is 15.2 Å². The molecule has 3 nitrogen and oxygen atoms in total. The summed E-state index contributed by atoms with van der Waals surface area (Å²) >= 11 is 0. The largest absolute Gasteiger partial charge is 0.490 e. The molecule has 0 aliphatic carbocycles. The molecule has 0 aromatic heterocycles. The molecule has 0 aliphatic rings. The van der Waals surface area contributed by atoms with Crippen molar-refractivity contribution >= 4 is 0 Å².